The van der Waals surface area contributed by atoms with E-state index in [1.54, 1.807) is 19.2 Å². The van der Waals surface area contributed by atoms with Crippen LogP contribution < -0.4 is 10.3 Å². The Morgan fingerprint density at radius 1 is 1.04 bits per heavy atom. The van der Waals surface area contributed by atoms with Crippen LogP contribution in [-0.4, -0.2) is 36.9 Å². The van der Waals surface area contributed by atoms with Crippen molar-refractivity contribution in [1.82, 2.24) is 29.8 Å². The van der Waals surface area contributed by atoms with E-state index in [2.05, 4.69) is 20.5 Å². The zero-order valence-corrected chi connectivity index (χ0v) is 16.3. The van der Waals surface area contributed by atoms with Gasteiger partial charge in [-0.2, -0.15) is 4.68 Å². The number of aromatic nitrogens is 6. The minimum atomic E-state index is -0.175. The van der Waals surface area contributed by atoms with Crippen molar-refractivity contribution < 1.29 is 4.74 Å². The van der Waals surface area contributed by atoms with Crippen LogP contribution in [0.4, 0.5) is 0 Å². The summed E-state index contributed by atoms with van der Waals surface area (Å²) >= 11 is 1.39. The van der Waals surface area contributed by atoms with Crippen LogP contribution in [0, 0.1) is 0 Å². The molecule has 0 bridgehead atoms. The molecule has 4 rings (SSSR count). The molecular formula is C19H18N6O2S. The molecule has 2 aromatic heterocycles. The van der Waals surface area contributed by atoms with E-state index in [9.17, 15) is 4.79 Å². The second-order valence-corrected chi connectivity index (χ2v) is 6.85. The molecule has 0 spiro atoms. The van der Waals surface area contributed by atoms with E-state index < -0.39 is 0 Å². The van der Waals surface area contributed by atoms with Gasteiger partial charge in [-0.3, -0.25) is 4.79 Å². The summed E-state index contributed by atoms with van der Waals surface area (Å²) in [6, 6.07) is 14.9. The third-order valence-corrected chi connectivity index (χ3v) is 5.26. The number of hydrogen-bond donors (Lipinski definition) is 0. The topological polar surface area (TPSA) is 87.7 Å². The molecule has 0 N–H and O–H groups in total. The number of benzene rings is 2. The minimum absolute atomic E-state index is 0.175. The predicted molar refractivity (Wildman–Crippen MR) is 107 cm³/mol. The number of methoxy groups -OCH3 is 1. The first-order valence-corrected chi connectivity index (χ1v) is 9.73. The first kappa shape index (κ1) is 18.2. The van der Waals surface area contributed by atoms with E-state index in [1.807, 2.05) is 47.9 Å². The Labute approximate surface area is 165 Å². The summed E-state index contributed by atoms with van der Waals surface area (Å²) in [6.45, 7) is 2.70. The lowest BCUT2D eigenvalue weighted by Crippen LogP contribution is -2.23. The van der Waals surface area contributed by atoms with Gasteiger partial charge in [0.05, 0.1) is 23.9 Å². The van der Waals surface area contributed by atoms with Crippen molar-refractivity contribution in [3.8, 4) is 17.1 Å². The second kappa shape index (κ2) is 7.81. The monoisotopic (exact) mass is 394 g/mol. The van der Waals surface area contributed by atoms with E-state index in [0.717, 1.165) is 17.1 Å². The van der Waals surface area contributed by atoms with Gasteiger partial charge in [0.15, 0.2) is 11.0 Å². The molecule has 0 aliphatic rings. The highest BCUT2D eigenvalue weighted by atomic mass is 32.2. The molecule has 4 aromatic rings. The highest BCUT2D eigenvalue weighted by Gasteiger charge is 2.17. The fraction of sp³-hybridized carbons (Fsp3) is 0.211. The summed E-state index contributed by atoms with van der Waals surface area (Å²) in [5, 5.41) is 18.0. The number of rotatable bonds is 6. The van der Waals surface area contributed by atoms with Crippen LogP contribution >= 0.6 is 11.8 Å². The van der Waals surface area contributed by atoms with Crippen LogP contribution in [0.5, 0.6) is 5.75 Å². The maximum absolute atomic E-state index is 12.6. The number of fused-ring (bicyclic) bond motifs is 1. The van der Waals surface area contributed by atoms with Crippen molar-refractivity contribution >= 4 is 22.7 Å². The van der Waals surface area contributed by atoms with Gasteiger partial charge in [-0.05, 0) is 31.2 Å². The molecule has 2 aromatic carbocycles. The van der Waals surface area contributed by atoms with Gasteiger partial charge in [0, 0.05) is 6.54 Å². The quantitative estimate of drug-likeness (QED) is 0.465. The lowest BCUT2D eigenvalue weighted by Gasteiger charge is -2.10. The Morgan fingerprint density at radius 2 is 1.82 bits per heavy atom. The molecule has 0 radical (unpaired) electrons. The van der Waals surface area contributed by atoms with Crippen molar-refractivity contribution in [3.05, 3.63) is 58.9 Å². The van der Waals surface area contributed by atoms with Crippen molar-refractivity contribution in [3.63, 3.8) is 0 Å². The molecule has 0 unspecified atom stereocenters. The Hall–Kier alpha value is -3.20. The van der Waals surface area contributed by atoms with Gasteiger partial charge in [-0.1, -0.05) is 41.2 Å². The number of thioether (sulfide) groups is 1. The molecule has 8 nitrogen and oxygen atoms in total. The molecule has 0 atom stereocenters. The molecule has 9 heteroatoms. The molecule has 0 aliphatic carbocycles. The summed E-state index contributed by atoms with van der Waals surface area (Å²) in [5.41, 5.74) is 1.28. The van der Waals surface area contributed by atoms with Crippen LogP contribution in [-0.2, 0) is 12.4 Å². The highest BCUT2D eigenvalue weighted by Crippen LogP contribution is 2.30. The number of nitrogens with zero attached hydrogens (tertiary/aromatic N) is 6. The van der Waals surface area contributed by atoms with E-state index in [0.29, 0.717) is 28.5 Å². The average molecular weight is 394 g/mol. The van der Waals surface area contributed by atoms with E-state index in [1.165, 1.54) is 16.4 Å². The predicted octanol–water partition coefficient (Wildman–Crippen LogP) is 2.83. The van der Waals surface area contributed by atoms with Gasteiger partial charge in [0.2, 0.25) is 0 Å². The number of hydrogen-bond acceptors (Lipinski definition) is 7. The Bertz CT molecular complexity index is 1190. The van der Waals surface area contributed by atoms with Crippen molar-refractivity contribution in [2.75, 3.05) is 7.11 Å². The Morgan fingerprint density at radius 3 is 2.64 bits per heavy atom. The largest absolute Gasteiger partial charge is 0.496 e. The van der Waals surface area contributed by atoms with Crippen molar-refractivity contribution in [1.29, 1.82) is 0 Å². The normalized spacial score (nSPS) is 11.1. The fourth-order valence-electron chi connectivity index (χ4n) is 2.94. The fourth-order valence-corrected chi connectivity index (χ4v) is 3.81. The van der Waals surface area contributed by atoms with Gasteiger partial charge in [-0.25, -0.2) is 0 Å². The molecule has 0 aliphatic heterocycles. The lowest BCUT2D eigenvalue weighted by atomic mass is 10.2. The first-order valence-electron chi connectivity index (χ1n) is 8.75. The highest BCUT2D eigenvalue weighted by molar-refractivity contribution is 7.98. The lowest BCUT2D eigenvalue weighted by molar-refractivity contribution is 0.416. The van der Waals surface area contributed by atoms with E-state index in [4.69, 9.17) is 4.74 Å². The van der Waals surface area contributed by atoms with Gasteiger partial charge in [0.25, 0.3) is 5.56 Å². The first-order chi connectivity index (χ1) is 13.7. The minimum Gasteiger partial charge on any atom is -0.496 e. The molecule has 142 valence electrons. The molecule has 0 saturated carbocycles. The summed E-state index contributed by atoms with van der Waals surface area (Å²) in [5.74, 6) is 1.75. The third kappa shape index (κ3) is 3.24. The standard InChI is InChI=1S/C19H18N6O2S/c1-3-24-17(14-9-5-7-11-16(14)27-2)21-22-19(24)28-12-25-18(26)13-8-4-6-10-15(13)20-23-25/h4-11H,3,12H2,1-2H3. The number of para-hydroxylation sites is 1. The molecule has 0 amide bonds. The number of ether oxygens (including phenoxy) is 1. The van der Waals surface area contributed by atoms with Gasteiger partial charge < -0.3 is 9.30 Å². The summed E-state index contributed by atoms with van der Waals surface area (Å²) in [7, 11) is 1.63. The Balaban J connectivity index is 1.64. The van der Waals surface area contributed by atoms with Crippen molar-refractivity contribution in [2.24, 2.45) is 0 Å². The van der Waals surface area contributed by atoms with E-state index >= 15 is 0 Å². The van der Waals surface area contributed by atoms with Crippen molar-refractivity contribution in [2.45, 2.75) is 24.5 Å². The van der Waals surface area contributed by atoms with Gasteiger partial charge in [-0.15, -0.1) is 15.3 Å². The molecule has 2 heterocycles. The third-order valence-electron chi connectivity index (χ3n) is 4.33. The van der Waals surface area contributed by atoms with E-state index in [-0.39, 0.29) is 5.56 Å². The molecule has 0 saturated heterocycles. The maximum atomic E-state index is 12.6. The van der Waals surface area contributed by atoms with Gasteiger partial charge >= 0.3 is 0 Å². The van der Waals surface area contributed by atoms with Crippen LogP contribution in [0.15, 0.2) is 58.5 Å². The average Bonchev–Trinajstić information content (AvgIpc) is 3.16. The molecular weight excluding hydrogens is 376 g/mol. The molecule has 0 fully saturated rings. The molecule has 28 heavy (non-hydrogen) atoms. The second-order valence-electron chi connectivity index (χ2n) is 5.94. The van der Waals surface area contributed by atoms with Crippen LogP contribution in [0.2, 0.25) is 0 Å². The Kier molecular flexibility index (Phi) is 5.07. The van der Waals surface area contributed by atoms with Crippen LogP contribution in [0.3, 0.4) is 0 Å². The summed E-state index contributed by atoms with van der Waals surface area (Å²) in [6.07, 6.45) is 0. The maximum Gasteiger partial charge on any atom is 0.278 e. The summed E-state index contributed by atoms with van der Waals surface area (Å²) in [4.78, 5) is 12.6. The van der Waals surface area contributed by atoms with Crippen LogP contribution in [0.25, 0.3) is 22.3 Å². The van der Waals surface area contributed by atoms with Crippen LogP contribution in [0.1, 0.15) is 6.92 Å². The van der Waals surface area contributed by atoms with Gasteiger partial charge in [0.1, 0.15) is 11.3 Å². The zero-order valence-electron chi connectivity index (χ0n) is 15.4. The SMILES string of the molecule is CCn1c(SCn2nnc3ccccc3c2=O)nnc1-c1ccccc1OC. The zero-order chi connectivity index (χ0) is 19.5. The smallest absolute Gasteiger partial charge is 0.278 e. The summed E-state index contributed by atoms with van der Waals surface area (Å²) < 4.78 is 8.77.